The minimum absolute atomic E-state index is 0.0470. The van der Waals surface area contributed by atoms with Gasteiger partial charge in [-0.05, 0) is 31.0 Å². The molecule has 0 spiro atoms. The lowest BCUT2D eigenvalue weighted by Gasteiger charge is -2.27. The highest BCUT2D eigenvalue weighted by Crippen LogP contribution is 2.22. The number of hydrogen-bond donors (Lipinski definition) is 3. The Morgan fingerprint density at radius 1 is 1.28 bits per heavy atom. The SMILES string of the molecule is CC(Nc1cnc(C(=O)O)cn1)c1ccc(N2CCCNC2=O)cc1. The van der Waals surface area contributed by atoms with Gasteiger partial charge in [0, 0.05) is 24.8 Å². The zero-order valence-corrected chi connectivity index (χ0v) is 13.8. The lowest BCUT2D eigenvalue weighted by atomic mass is 10.1. The highest BCUT2D eigenvalue weighted by Gasteiger charge is 2.19. The number of urea groups is 1. The summed E-state index contributed by atoms with van der Waals surface area (Å²) in [4.78, 5) is 32.3. The number of nitrogens with one attached hydrogen (secondary N) is 2. The van der Waals surface area contributed by atoms with E-state index >= 15 is 0 Å². The van der Waals surface area contributed by atoms with E-state index in [9.17, 15) is 9.59 Å². The van der Waals surface area contributed by atoms with E-state index in [0.717, 1.165) is 24.2 Å². The van der Waals surface area contributed by atoms with Gasteiger partial charge in [-0.2, -0.15) is 0 Å². The van der Waals surface area contributed by atoms with Crippen LogP contribution in [0.1, 0.15) is 35.4 Å². The van der Waals surface area contributed by atoms with Crippen molar-refractivity contribution in [2.24, 2.45) is 0 Å². The second kappa shape index (κ2) is 7.16. The molecule has 2 amide bonds. The van der Waals surface area contributed by atoms with Gasteiger partial charge in [0.05, 0.1) is 12.4 Å². The molecule has 8 nitrogen and oxygen atoms in total. The van der Waals surface area contributed by atoms with Crippen LogP contribution >= 0.6 is 0 Å². The van der Waals surface area contributed by atoms with Crippen molar-refractivity contribution < 1.29 is 14.7 Å². The van der Waals surface area contributed by atoms with Crippen LogP contribution in [0.2, 0.25) is 0 Å². The Bertz CT molecular complexity index is 761. The molecule has 3 rings (SSSR count). The first kappa shape index (κ1) is 16.7. The lowest BCUT2D eigenvalue weighted by molar-refractivity contribution is 0.0690. The molecular formula is C17H19N5O3. The number of hydrogen-bond acceptors (Lipinski definition) is 5. The molecule has 1 saturated heterocycles. The molecule has 1 aromatic carbocycles. The van der Waals surface area contributed by atoms with Crippen molar-refractivity contribution in [1.29, 1.82) is 0 Å². The van der Waals surface area contributed by atoms with Crippen molar-refractivity contribution in [3.63, 3.8) is 0 Å². The van der Waals surface area contributed by atoms with Gasteiger partial charge in [-0.15, -0.1) is 0 Å². The Balaban J connectivity index is 1.67. The van der Waals surface area contributed by atoms with Crippen LogP contribution in [0.15, 0.2) is 36.7 Å². The standard InChI is InChI=1S/C17H19N5O3/c1-11(21-15-10-19-14(9-20-15)16(23)24)12-3-5-13(6-4-12)22-8-2-7-18-17(22)25/h3-6,9-11H,2,7-8H2,1H3,(H,18,25)(H,20,21)(H,23,24). The topological polar surface area (TPSA) is 107 Å². The van der Waals surface area contributed by atoms with Crippen LogP contribution in [0.25, 0.3) is 0 Å². The summed E-state index contributed by atoms with van der Waals surface area (Å²) in [5, 5.41) is 14.8. The molecular weight excluding hydrogens is 322 g/mol. The normalized spacial score (nSPS) is 15.4. The van der Waals surface area contributed by atoms with E-state index in [1.165, 1.54) is 12.4 Å². The monoisotopic (exact) mass is 341 g/mol. The average Bonchev–Trinajstić information content (AvgIpc) is 2.63. The predicted molar refractivity (Wildman–Crippen MR) is 92.8 cm³/mol. The maximum Gasteiger partial charge on any atom is 0.356 e. The smallest absolute Gasteiger partial charge is 0.356 e. The molecule has 0 radical (unpaired) electrons. The molecule has 8 heteroatoms. The molecule has 1 atom stereocenters. The quantitative estimate of drug-likeness (QED) is 0.770. The lowest BCUT2D eigenvalue weighted by Crippen LogP contribution is -2.46. The summed E-state index contributed by atoms with van der Waals surface area (Å²) in [6.07, 6.45) is 3.54. The van der Waals surface area contributed by atoms with Crippen molar-refractivity contribution in [2.45, 2.75) is 19.4 Å². The summed E-state index contributed by atoms with van der Waals surface area (Å²) < 4.78 is 0. The van der Waals surface area contributed by atoms with E-state index in [2.05, 4.69) is 20.6 Å². The van der Waals surface area contributed by atoms with Crippen molar-refractivity contribution in [3.8, 4) is 0 Å². The Labute approximate surface area is 144 Å². The first-order chi connectivity index (χ1) is 12.0. The Morgan fingerprint density at radius 3 is 2.64 bits per heavy atom. The van der Waals surface area contributed by atoms with Crippen LogP contribution < -0.4 is 15.5 Å². The summed E-state index contributed by atoms with van der Waals surface area (Å²) in [6.45, 7) is 3.40. The molecule has 130 valence electrons. The maximum absolute atomic E-state index is 11.9. The minimum Gasteiger partial charge on any atom is -0.476 e. The van der Waals surface area contributed by atoms with Crippen LogP contribution in [-0.2, 0) is 0 Å². The van der Waals surface area contributed by atoms with Gasteiger partial charge in [0.15, 0.2) is 5.69 Å². The number of anilines is 2. The average molecular weight is 341 g/mol. The van der Waals surface area contributed by atoms with Crippen LogP contribution in [0.4, 0.5) is 16.3 Å². The molecule has 1 fully saturated rings. The molecule has 1 aliphatic heterocycles. The number of carbonyl (C=O) groups is 2. The van der Waals surface area contributed by atoms with Gasteiger partial charge >= 0.3 is 12.0 Å². The van der Waals surface area contributed by atoms with Gasteiger partial charge in [-0.3, -0.25) is 4.90 Å². The maximum atomic E-state index is 11.9. The molecule has 2 heterocycles. The minimum atomic E-state index is -1.11. The van der Waals surface area contributed by atoms with Gasteiger partial charge in [-0.1, -0.05) is 12.1 Å². The number of amides is 2. The molecule has 25 heavy (non-hydrogen) atoms. The zero-order chi connectivity index (χ0) is 17.8. The fourth-order valence-corrected chi connectivity index (χ4v) is 2.64. The van der Waals surface area contributed by atoms with Crippen LogP contribution in [-0.4, -0.2) is 40.2 Å². The first-order valence-electron chi connectivity index (χ1n) is 8.02. The van der Waals surface area contributed by atoms with E-state index in [1.54, 1.807) is 4.90 Å². The molecule has 1 aromatic heterocycles. The summed E-state index contributed by atoms with van der Waals surface area (Å²) >= 11 is 0. The summed E-state index contributed by atoms with van der Waals surface area (Å²) in [6, 6.07) is 7.62. The number of nitrogens with zero attached hydrogens (tertiary/aromatic N) is 3. The number of aromatic carboxylic acids is 1. The second-order valence-corrected chi connectivity index (χ2v) is 5.79. The first-order valence-corrected chi connectivity index (χ1v) is 8.02. The molecule has 0 bridgehead atoms. The zero-order valence-electron chi connectivity index (χ0n) is 13.8. The van der Waals surface area contributed by atoms with Crippen molar-refractivity contribution in [1.82, 2.24) is 15.3 Å². The van der Waals surface area contributed by atoms with Gasteiger partial charge in [0.25, 0.3) is 0 Å². The Kier molecular flexibility index (Phi) is 4.78. The molecule has 2 aromatic rings. The van der Waals surface area contributed by atoms with E-state index in [1.807, 2.05) is 31.2 Å². The number of rotatable bonds is 5. The van der Waals surface area contributed by atoms with Gasteiger partial charge in [0.1, 0.15) is 5.82 Å². The summed E-state index contributed by atoms with van der Waals surface area (Å²) in [5.74, 6) is -0.610. The van der Waals surface area contributed by atoms with E-state index in [0.29, 0.717) is 12.4 Å². The fraction of sp³-hybridized carbons (Fsp3) is 0.294. The number of aromatic nitrogens is 2. The van der Waals surface area contributed by atoms with E-state index in [-0.39, 0.29) is 17.8 Å². The van der Waals surface area contributed by atoms with Crippen LogP contribution in [0.3, 0.4) is 0 Å². The van der Waals surface area contributed by atoms with E-state index in [4.69, 9.17) is 5.11 Å². The number of benzene rings is 1. The summed E-state index contributed by atoms with van der Waals surface area (Å²) in [5.41, 5.74) is 1.78. The summed E-state index contributed by atoms with van der Waals surface area (Å²) in [7, 11) is 0. The molecule has 0 aliphatic carbocycles. The third-order valence-electron chi connectivity index (χ3n) is 4.02. The molecule has 1 unspecified atom stereocenters. The van der Waals surface area contributed by atoms with E-state index < -0.39 is 5.97 Å². The van der Waals surface area contributed by atoms with Crippen molar-refractivity contribution in [2.75, 3.05) is 23.3 Å². The molecule has 3 N–H and O–H groups in total. The van der Waals surface area contributed by atoms with Gasteiger partial charge < -0.3 is 15.7 Å². The highest BCUT2D eigenvalue weighted by molar-refractivity contribution is 5.92. The third kappa shape index (κ3) is 3.85. The van der Waals surface area contributed by atoms with Crippen LogP contribution in [0, 0.1) is 0 Å². The third-order valence-corrected chi connectivity index (χ3v) is 4.02. The number of carbonyl (C=O) groups excluding carboxylic acids is 1. The van der Waals surface area contributed by atoms with Crippen LogP contribution in [0.5, 0.6) is 0 Å². The van der Waals surface area contributed by atoms with Gasteiger partial charge in [-0.25, -0.2) is 19.6 Å². The predicted octanol–water partition coefficient (Wildman–Crippen LogP) is 2.27. The Hall–Kier alpha value is -3.16. The fourth-order valence-electron chi connectivity index (χ4n) is 2.64. The second-order valence-electron chi connectivity index (χ2n) is 5.79. The highest BCUT2D eigenvalue weighted by atomic mass is 16.4. The van der Waals surface area contributed by atoms with Gasteiger partial charge in [0.2, 0.25) is 0 Å². The largest absolute Gasteiger partial charge is 0.476 e. The molecule has 1 aliphatic rings. The Morgan fingerprint density at radius 2 is 2.04 bits per heavy atom. The molecule has 0 saturated carbocycles. The van der Waals surface area contributed by atoms with Crippen molar-refractivity contribution in [3.05, 3.63) is 47.9 Å². The number of carboxylic acids is 1. The number of carboxylic acid groups (broad SMARTS) is 1. The van der Waals surface area contributed by atoms with Crippen molar-refractivity contribution >= 4 is 23.5 Å².